The van der Waals surface area contributed by atoms with E-state index in [9.17, 15) is 15.2 Å². The maximum absolute atomic E-state index is 12.5. The number of aromatic hydroxyl groups is 1. The Bertz CT molecular complexity index is 1200. The number of benzene rings is 1. The Morgan fingerprint density at radius 2 is 2.00 bits per heavy atom. The van der Waals surface area contributed by atoms with Crippen LogP contribution in [0.15, 0.2) is 48.7 Å². The lowest BCUT2D eigenvalue weighted by Crippen LogP contribution is -2.32. The van der Waals surface area contributed by atoms with E-state index in [1.165, 1.54) is 25.3 Å². The number of carbonyl (C=O) groups is 1. The Balaban J connectivity index is 1.58. The van der Waals surface area contributed by atoms with Gasteiger partial charge in [-0.05, 0) is 61.8 Å². The number of rotatable bonds is 6. The number of nitrogen functional groups attached to an aromatic ring is 1. The van der Waals surface area contributed by atoms with Crippen LogP contribution in [0.5, 0.6) is 5.75 Å². The number of likely N-dealkylation sites (tertiary alicyclic amines) is 1. The van der Waals surface area contributed by atoms with Gasteiger partial charge >= 0.3 is 0 Å². The van der Waals surface area contributed by atoms with Crippen molar-refractivity contribution in [2.75, 3.05) is 30.7 Å². The van der Waals surface area contributed by atoms with Crippen molar-refractivity contribution in [2.45, 2.75) is 25.7 Å². The van der Waals surface area contributed by atoms with Crippen LogP contribution in [0.1, 0.15) is 31.2 Å². The Labute approximate surface area is 192 Å². The Morgan fingerprint density at radius 3 is 2.76 bits per heavy atom. The number of carbonyl (C=O) groups excluding carboxylic acids is 1. The zero-order valence-corrected chi connectivity index (χ0v) is 18.3. The molecule has 3 heterocycles. The van der Waals surface area contributed by atoms with Gasteiger partial charge in [-0.3, -0.25) is 9.78 Å². The fourth-order valence-corrected chi connectivity index (χ4v) is 4.06. The van der Waals surface area contributed by atoms with Gasteiger partial charge in [-0.1, -0.05) is 18.6 Å². The molecule has 8 heteroatoms. The molecule has 1 fully saturated rings. The molecule has 0 spiro atoms. The third-order valence-corrected chi connectivity index (χ3v) is 5.75. The van der Waals surface area contributed by atoms with Gasteiger partial charge in [0.05, 0.1) is 5.69 Å². The van der Waals surface area contributed by atoms with E-state index in [2.05, 4.69) is 26.3 Å². The summed E-state index contributed by atoms with van der Waals surface area (Å²) < 4.78 is 0. The molecular formula is C25H26N6O2. The van der Waals surface area contributed by atoms with Gasteiger partial charge in [-0.2, -0.15) is 5.26 Å². The summed E-state index contributed by atoms with van der Waals surface area (Å²) in [6.45, 7) is 2.86. The SMILES string of the molecule is N#Cc1c(-c2cccc(NC(=O)CCN3CCCCC3)c2)cc(-c2ncccc2O)nc1N. The molecule has 0 saturated carbocycles. The third-order valence-electron chi connectivity index (χ3n) is 5.75. The summed E-state index contributed by atoms with van der Waals surface area (Å²) in [7, 11) is 0. The Kier molecular flexibility index (Phi) is 6.81. The molecule has 1 aliphatic heterocycles. The van der Waals surface area contributed by atoms with E-state index >= 15 is 0 Å². The van der Waals surface area contributed by atoms with Crippen molar-refractivity contribution in [3.8, 4) is 34.3 Å². The standard InChI is InChI=1S/C25H26N6O2/c26-16-20-19(15-21(30-25(20)27)24-22(32)8-5-10-28-24)17-6-4-7-18(14-17)29-23(33)9-13-31-11-2-1-3-12-31/h4-8,10,14-15,32H,1-3,9,11-13H2,(H2,27,30)(H,29,33). The second-order valence-corrected chi connectivity index (χ2v) is 8.08. The molecule has 4 N–H and O–H groups in total. The fourth-order valence-electron chi connectivity index (χ4n) is 4.06. The van der Waals surface area contributed by atoms with Crippen molar-refractivity contribution >= 4 is 17.4 Å². The largest absolute Gasteiger partial charge is 0.506 e. The number of hydrogen-bond donors (Lipinski definition) is 3. The smallest absolute Gasteiger partial charge is 0.225 e. The second kappa shape index (κ2) is 10.1. The molecule has 168 valence electrons. The number of hydrogen-bond acceptors (Lipinski definition) is 7. The quantitative estimate of drug-likeness (QED) is 0.530. The summed E-state index contributed by atoms with van der Waals surface area (Å²) in [6.07, 6.45) is 5.63. The summed E-state index contributed by atoms with van der Waals surface area (Å²) in [4.78, 5) is 23.3. The van der Waals surface area contributed by atoms with Crippen LogP contribution in [-0.2, 0) is 4.79 Å². The lowest BCUT2D eigenvalue weighted by molar-refractivity contribution is -0.116. The first-order chi connectivity index (χ1) is 16.0. The number of aromatic nitrogens is 2. The first-order valence-corrected chi connectivity index (χ1v) is 11.0. The van der Waals surface area contributed by atoms with Crippen molar-refractivity contribution in [3.63, 3.8) is 0 Å². The van der Waals surface area contributed by atoms with Crippen LogP contribution in [0.3, 0.4) is 0 Å². The summed E-state index contributed by atoms with van der Waals surface area (Å²) >= 11 is 0. The number of piperidine rings is 1. The molecule has 0 bridgehead atoms. The molecule has 3 aromatic rings. The number of nitrogens with one attached hydrogen (secondary N) is 1. The molecule has 0 atom stereocenters. The number of nitriles is 1. The summed E-state index contributed by atoms with van der Waals surface area (Å²) in [5, 5.41) is 22.8. The van der Waals surface area contributed by atoms with Gasteiger partial charge < -0.3 is 21.1 Å². The Morgan fingerprint density at radius 1 is 1.18 bits per heavy atom. The van der Waals surface area contributed by atoms with Gasteiger partial charge in [0.25, 0.3) is 0 Å². The van der Waals surface area contributed by atoms with E-state index in [1.807, 2.05) is 18.2 Å². The molecule has 0 aliphatic carbocycles. The summed E-state index contributed by atoms with van der Waals surface area (Å²) in [5.74, 6) is -0.0348. The minimum Gasteiger partial charge on any atom is -0.506 e. The predicted octanol–water partition coefficient (Wildman–Crippen LogP) is 3.78. The van der Waals surface area contributed by atoms with Gasteiger partial charge in [0.15, 0.2) is 0 Å². The first kappa shape index (κ1) is 22.2. The van der Waals surface area contributed by atoms with E-state index in [0.29, 0.717) is 28.9 Å². The molecule has 1 saturated heterocycles. The Hall–Kier alpha value is -3.96. The molecule has 1 amide bonds. The van der Waals surface area contributed by atoms with Crippen molar-refractivity contribution in [1.82, 2.24) is 14.9 Å². The zero-order valence-electron chi connectivity index (χ0n) is 18.3. The average Bonchev–Trinajstić information content (AvgIpc) is 2.83. The maximum Gasteiger partial charge on any atom is 0.225 e. The van der Waals surface area contributed by atoms with E-state index in [0.717, 1.165) is 19.6 Å². The molecule has 0 radical (unpaired) electrons. The molecule has 4 rings (SSSR count). The summed E-state index contributed by atoms with van der Waals surface area (Å²) in [6, 6.07) is 14.2. The highest BCUT2D eigenvalue weighted by Gasteiger charge is 2.17. The lowest BCUT2D eigenvalue weighted by Gasteiger charge is -2.25. The van der Waals surface area contributed by atoms with E-state index in [1.54, 1.807) is 24.4 Å². The average molecular weight is 443 g/mol. The number of amides is 1. The predicted molar refractivity (Wildman–Crippen MR) is 127 cm³/mol. The highest BCUT2D eigenvalue weighted by atomic mass is 16.3. The number of anilines is 2. The van der Waals surface area contributed by atoms with E-state index in [-0.39, 0.29) is 28.7 Å². The van der Waals surface area contributed by atoms with Crippen molar-refractivity contribution in [2.24, 2.45) is 0 Å². The molecule has 0 unspecified atom stereocenters. The lowest BCUT2D eigenvalue weighted by atomic mass is 9.99. The highest BCUT2D eigenvalue weighted by Crippen LogP contribution is 2.34. The number of nitrogens with zero attached hydrogens (tertiary/aromatic N) is 4. The monoisotopic (exact) mass is 442 g/mol. The number of nitrogens with two attached hydrogens (primary N) is 1. The molecule has 8 nitrogen and oxygen atoms in total. The van der Waals surface area contributed by atoms with Crippen LogP contribution < -0.4 is 11.1 Å². The maximum atomic E-state index is 12.5. The molecule has 33 heavy (non-hydrogen) atoms. The van der Waals surface area contributed by atoms with Crippen molar-refractivity contribution in [3.05, 3.63) is 54.2 Å². The molecule has 1 aliphatic rings. The van der Waals surface area contributed by atoms with Crippen LogP contribution in [-0.4, -0.2) is 45.5 Å². The molecular weight excluding hydrogens is 416 g/mol. The summed E-state index contributed by atoms with van der Waals surface area (Å²) in [5.41, 5.74) is 8.81. The van der Waals surface area contributed by atoms with Gasteiger partial charge in [-0.25, -0.2) is 4.98 Å². The van der Waals surface area contributed by atoms with Crippen molar-refractivity contribution < 1.29 is 9.90 Å². The van der Waals surface area contributed by atoms with E-state index < -0.39 is 0 Å². The second-order valence-electron chi connectivity index (χ2n) is 8.08. The van der Waals surface area contributed by atoms with Crippen LogP contribution in [0, 0.1) is 11.3 Å². The topological polar surface area (TPSA) is 128 Å². The van der Waals surface area contributed by atoms with Crippen LogP contribution >= 0.6 is 0 Å². The molecule has 2 aromatic heterocycles. The zero-order chi connectivity index (χ0) is 23.2. The van der Waals surface area contributed by atoms with Crippen LogP contribution in [0.2, 0.25) is 0 Å². The van der Waals surface area contributed by atoms with Gasteiger partial charge in [0, 0.05) is 30.4 Å². The number of pyridine rings is 2. The minimum absolute atomic E-state index is 0.0326. The third kappa shape index (κ3) is 5.27. The van der Waals surface area contributed by atoms with Gasteiger partial charge in [0.2, 0.25) is 5.91 Å². The highest BCUT2D eigenvalue weighted by molar-refractivity contribution is 5.92. The van der Waals surface area contributed by atoms with E-state index in [4.69, 9.17) is 5.73 Å². The van der Waals surface area contributed by atoms with Crippen molar-refractivity contribution in [1.29, 1.82) is 5.26 Å². The molecule has 1 aromatic carbocycles. The van der Waals surface area contributed by atoms with Crippen LogP contribution in [0.4, 0.5) is 11.5 Å². The first-order valence-electron chi connectivity index (χ1n) is 11.0. The van der Waals surface area contributed by atoms with Crippen LogP contribution in [0.25, 0.3) is 22.5 Å². The van der Waals surface area contributed by atoms with Gasteiger partial charge in [-0.15, -0.1) is 0 Å². The minimum atomic E-state index is -0.0495. The normalized spacial score (nSPS) is 13.9. The fraction of sp³-hybridized carbons (Fsp3) is 0.280. The van der Waals surface area contributed by atoms with Gasteiger partial charge in [0.1, 0.15) is 28.9 Å².